The summed E-state index contributed by atoms with van der Waals surface area (Å²) < 4.78 is 63.3. The second kappa shape index (κ2) is 11.7. The van der Waals surface area contributed by atoms with Crippen LogP contribution >= 0.6 is 0 Å². The zero-order chi connectivity index (χ0) is 25.6. The van der Waals surface area contributed by atoms with Gasteiger partial charge in [-0.25, -0.2) is 17.9 Å². The molecule has 0 saturated carbocycles. The number of nitrogens with zero attached hydrogens (tertiary/aromatic N) is 2. The van der Waals surface area contributed by atoms with Gasteiger partial charge in [-0.15, -0.1) is 0 Å². The molecule has 0 radical (unpaired) electrons. The summed E-state index contributed by atoms with van der Waals surface area (Å²) in [5.41, 5.74) is 1.91. The molecule has 1 fully saturated rings. The number of ether oxygens (including phenoxy) is 1. The third-order valence-electron chi connectivity index (χ3n) is 6.20. The van der Waals surface area contributed by atoms with E-state index in [0.29, 0.717) is 13.1 Å². The highest BCUT2D eigenvalue weighted by Crippen LogP contribution is 2.33. The first-order valence-corrected chi connectivity index (χ1v) is 14.6. The average Bonchev–Trinajstić information content (AvgIpc) is 2.86. The molecule has 2 aromatic carbocycles. The van der Waals surface area contributed by atoms with Crippen LogP contribution in [-0.4, -0.2) is 68.5 Å². The number of anilines is 1. The van der Waals surface area contributed by atoms with Gasteiger partial charge in [0.05, 0.1) is 12.0 Å². The van der Waals surface area contributed by atoms with E-state index in [1.807, 2.05) is 43.3 Å². The maximum atomic E-state index is 13.0. The predicted molar refractivity (Wildman–Crippen MR) is 139 cm³/mol. The molecule has 1 aliphatic rings. The zero-order valence-corrected chi connectivity index (χ0v) is 22.4. The molecule has 1 unspecified atom stereocenters. The van der Waals surface area contributed by atoms with Crippen molar-refractivity contribution in [1.29, 1.82) is 0 Å². The monoisotopic (exact) mass is 524 g/mol. The lowest BCUT2D eigenvalue weighted by Gasteiger charge is -2.33. The lowest BCUT2D eigenvalue weighted by Crippen LogP contribution is -2.47. The van der Waals surface area contributed by atoms with Gasteiger partial charge in [-0.1, -0.05) is 25.1 Å². The molecule has 11 heteroatoms. The minimum Gasteiger partial charge on any atom is -0.496 e. The topological polar surface area (TPSA) is 108 Å². The molecule has 3 rings (SSSR count). The van der Waals surface area contributed by atoms with E-state index in [0.717, 1.165) is 29.8 Å². The molecule has 1 heterocycles. The molecule has 35 heavy (non-hydrogen) atoms. The van der Waals surface area contributed by atoms with E-state index < -0.39 is 20.2 Å². The van der Waals surface area contributed by atoms with Gasteiger partial charge in [0.2, 0.25) is 10.0 Å². The average molecular weight is 525 g/mol. The zero-order valence-electron chi connectivity index (χ0n) is 20.8. The van der Waals surface area contributed by atoms with E-state index in [-0.39, 0.29) is 29.8 Å². The Balaban J connectivity index is 1.54. The second-order valence-electron chi connectivity index (χ2n) is 9.14. The van der Waals surface area contributed by atoms with Crippen LogP contribution in [-0.2, 0) is 20.2 Å². The number of hydrogen-bond donors (Lipinski definition) is 2. The number of sulfonamides is 1. The first-order chi connectivity index (χ1) is 16.5. The highest BCUT2D eigenvalue weighted by atomic mass is 32.2. The normalized spacial score (nSPS) is 18.2. The van der Waals surface area contributed by atoms with Crippen molar-refractivity contribution in [3.63, 3.8) is 0 Å². The molecular weight excluding hydrogens is 488 g/mol. The molecule has 0 bridgehead atoms. The number of methoxy groups -OCH3 is 1. The Morgan fingerprint density at radius 1 is 1.03 bits per heavy atom. The van der Waals surface area contributed by atoms with Gasteiger partial charge in [0.25, 0.3) is 10.2 Å². The van der Waals surface area contributed by atoms with Gasteiger partial charge in [-0.3, -0.25) is 0 Å². The van der Waals surface area contributed by atoms with Crippen molar-refractivity contribution >= 4 is 25.9 Å². The van der Waals surface area contributed by atoms with Crippen LogP contribution < -0.4 is 19.1 Å². The maximum absolute atomic E-state index is 13.0. The van der Waals surface area contributed by atoms with Crippen LogP contribution in [0.2, 0.25) is 0 Å². The number of piperidine rings is 1. The van der Waals surface area contributed by atoms with Gasteiger partial charge in [0, 0.05) is 51.9 Å². The fourth-order valence-electron chi connectivity index (χ4n) is 4.09. The van der Waals surface area contributed by atoms with Crippen LogP contribution in [0, 0.1) is 5.92 Å². The molecule has 2 aromatic rings. The maximum Gasteiger partial charge on any atom is 0.279 e. The Bertz CT molecular complexity index is 1180. The number of nitrogens with one attached hydrogen (secondary N) is 2. The fraction of sp³-hybridized carbons (Fsp3) is 0.500. The smallest absolute Gasteiger partial charge is 0.279 e. The van der Waals surface area contributed by atoms with Gasteiger partial charge in [0.15, 0.2) is 0 Å². The summed E-state index contributed by atoms with van der Waals surface area (Å²) in [6, 6.07) is 14.3. The van der Waals surface area contributed by atoms with E-state index >= 15 is 0 Å². The number of rotatable bonds is 11. The summed E-state index contributed by atoms with van der Waals surface area (Å²) in [5, 5.41) is 0. The van der Waals surface area contributed by atoms with Crippen molar-refractivity contribution in [2.24, 2.45) is 5.92 Å². The van der Waals surface area contributed by atoms with Gasteiger partial charge in [-0.05, 0) is 54.7 Å². The second-order valence-corrected chi connectivity index (χ2v) is 12.7. The van der Waals surface area contributed by atoms with Crippen LogP contribution in [0.4, 0.5) is 5.69 Å². The van der Waals surface area contributed by atoms with E-state index in [9.17, 15) is 16.8 Å². The van der Waals surface area contributed by atoms with E-state index in [1.54, 1.807) is 38.3 Å². The lowest BCUT2D eigenvalue weighted by molar-refractivity contribution is 0.304. The van der Waals surface area contributed by atoms with Crippen LogP contribution in [0.15, 0.2) is 53.4 Å². The van der Waals surface area contributed by atoms with Gasteiger partial charge in [0.1, 0.15) is 5.75 Å². The van der Waals surface area contributed by atoms with Crippen LogP contribution in [0.5, 0.6) is 5.75 Å². The Morgan fingerprint density at radius 3 is 2.34 bits per heavy atom. The molecule has 0 spiro atoms. The van der Waals surface area contributed by atoms with E-state index in [4.69, 9.17) is 4.74 Å². The highest BCUT2D eigenvalue weighted by molar-refractivity contribution is 7.89. The Kier molecular flexibility index (Phi) is 9.16. The Morgan fingerprint density at radius 2 is 1.69 bits per heavy atom. The van der Waals surface area contributed by atoms with Gasteiger partial charge >= 0.3 is 0 Å². The first kappa shape index (κ1) is 27.4. The molecule has 1 aliphatic heterocycles. The number of hydrogen-bond acceptors (Lipinski definition) is 6. The molecule has 194 valence electrons. The lowest BCUT2D eigenvalue weighted by atomic mass is 9.91. The van der Waals surface area contributed by atoms with Crippen LogP contribution in [0.3, 0.4) is 0 Å². The summed E-state index contributed by atoms with van der Waals surface area (Å²) >= 11 is 0. The number of para-hydroxylation sites is 1. The van der Waals surface area contributed by atoms with Crippen molar-refractivity contribution in [2.75, 3.05) is 52.3 Å². The molecular formula is C24H36N4O5S2. The summed E-state index contributed by atoms with van der Waals surface area (Å²) in [7, 11) is -2.00. The molecule has 0 amide bonds. The molecule has 2 atom stereocenters. The molecule has 0 aliphatic carbocycles. The van der Waals surface area contributed by atoms with Crippen molar-refractivity contribution in [1.82, 2.24) is 13.7 Å². The largest absolute Gasteiger partial charge is 0.496 e. The van der Waals surface area contributed by atoms with Crippen molar-refractivity contribution < 1.29 is 21.6 Å². The molecule has 9 nitrogen and oxygen atoms in total. The van der Waals surface area contributed by atoms with Gasteiger partial charge < -0.3 is 9.64 Å². The standard InChI is InChI=1S/C24H36N4O5S2/c1-19(16-25-34(29,30)22-13-11-21(12-14-22)27(2)3)17-26-35(31,32)28-15-7-8-20(18-28)23-9-5-6-10-24(23)33-4/h5-6,9-14,19-20,25-26H,7-8,15-18H2,1-4H3/t19?,20-/m1/s1. The van der Waals surface area contributed by atoms with E-state index in [1.165, 1.54) is 4.31 Å². The Hall–Kier alpha value is -2.18. The SMILES string of the molecule is COc1ccccc1[C@@H]1CCCN(S(=O)(=O)NCC(C)CNS(=O)(=O)c2ccc(N(C)C)cc2)C1. The predicted octanol–water partition coefficient (Wildman–Crippen LogP) is 2.39. The molecule has 0 aromatic heterocycles. The first-order valence-electron chi connectivity index (χ1n) is 11.7. The third-order valence-corrected chi connectivity index (χ3v) is 9.18. The van der Waals surface area contributed by atoms with Crippen molar-refractivity contribution in [3.8, 4) is 5.75 Å². The minimum atomic E-state index is -3.70. The molecule has 1 saturated heterocycles. The van der Waals surface area contributed by atoms with Crippen LogP contribution in [0.25, 0.3) is 0 Å². The fourth-order valence-corrected chi connectivity index (χ4v) is 6.68. The minimum absolute atomic E-state index is 0.0552. The van der Waals surface area contributed by atoms with Crippen molar-refractivity contribution in [2.45, 2.75) is 30.6 Å². The van der Waals surface area contributed by atoms with Crippen molar-refractivity contribution in [3.05, 3.63) is 54.1 Å². The summed E-state index contributed by atoms with van der Waals surface area (Å²) in [6.07, 6.45) is 1.64. The summed E-state index contributed by atoms with van der Waals surface area (Å²) in [4.78, 5) is 2.06. The number of benzene rings is 2. The Labute approximate surface area is 209 Å². The van der Waals surface area contributed by atoms with Gasteiger partial charge in [-0.2, -0.15) is 12.7 Å². The summed E-state index contributed by atoms with van der Waals surface area (Å²) in [5.74, 6) is 0.581. The third kappa shape index (κ3) is 7.17. The highest BCUT2D eigenvalue weighted by Gasteiger charge is 2.31. The van der Waals surface area contributed by atoms with Crippen LogP contribution in [0.1, 0.15) is 31.2 Å². The van der Waals surface area contributed by atoms with E-state index in [2.05, 4.69) is 9.44 Å². The quantitative estimate of drug-likeness (QED) is 0.467. The summed E-state index contributed by atoms with van der Waals surface area (Å²) in [6.45, 7) is 2.86. The molecule has 2 N–H and O–H groups in total.